The second-order valence-electron chi connectivity index (χ2n) is 5.35. The molecule has 0 spiro atoms. The van der Waals surface area contributed by atoms with E-state index < -0.39 is 10.0 Å². The van der Waals surface area contributed by atoms with Gasteiger partial charge in [-0.1, -0.05) is 15.9 Å². The number of hydrogen-bond donors (Lipinski definition) is 2. The van der Waals surface area contributed by atoms with Crippen LogP contribution in [0.3, 0.4) is 0 Å². The van der Waals surface area contributed by atoms with Crippen molar-refractivity contribution >= 4 is 37.5 Å². The van der Waals surface area contributed by atoms with Crippen molar-refractivity contribution in [3.8, 4) is 5.88 Å². The number of benzene rings is 1. The largest absolute Gasteiger partial charge is 0.474 e. The van der Waals surface area contributed by atoms with Crippen molar-refractivity contribution < 1.29 is 22.7 Å². The first-order valence-corrected chi connectivity index (χ1v) is 10.3. The molecule has 0 radical (unpaired) electrons. The summed E-state index contributed by atoms with van der Waals surface area (Å²) in [5.41, 5.74) is 0.411. The number of hydrogen-bond acceptors (Lipinski definition) is 6. The van der Waals surface area contributed by atoms with Crippen molar-refractivity contribution in [3.63, 3.8) is 0 Å². The fourth-order valence-corrected chi connectivity index (χ4v) is 3.33. The quantitative estimate of drug-likeness (QED) is 0.529. The molecule has 2 aromatic rings. The number of pyridine rings is 1. The highest BCUT2D eigenvalue weighted by molar-refractivity contribution is 9.10. The molecule has 0 saturated carbocycles. The van der Waals surface area contributed by atoms with E-state index in [9.17, 15) is 13.2 Å². The highest BCUT2D eigenvalue weighted by atomic mass is 79.9. The molecule has 8 nitrogen and oxygen atoms in total. The number of rotatable bonds is 10. The normalized spacial score (nSPS) is 11.2. The number of amides is 1. The lowest BCUT2D eigenvalue weighted by atomic mass is 10.3. The van der Waals surface area contributed by atoms with Crippen LogP contribution in [0.1, 0.15) is 6.42 Å². The summed E-state index contributed by atoms with van der Waals surface area (Å²) in [5.74, 6) is -0.0866. The third kappa shape index (κ3) is 6.90. The molecule has 10 heteroatoms. The standard InChI is InChI=1S/C17H20BrN3O5S/c1-25-11-12-26-17-15(3-2-9-19-17)21-16(22)8-10-20-27(23,24)14-6-4-13(18)5-7-14/h2-7,9,20H,8,10-12H2,1H3,(H,21,22). The molecule has 0 saturated heterocycles. The SMILES string of the molecule is COCCOc1ncccc1NC(=O)CCNS(=O)(=O)c1ccc(Br)cc1. The van der Waals surface area contributed by atoms with Crippen LogP contribution in [0, 0.1) is 0 Å². The van der Waals surface area contributed by atoms with E-state index in [4.69, 9.17) is 9.47 Å². The fourth-order valence-electron chi connectivity index (χ4n) is 2.03. The number of nitrogens with one attached hydrogen (secondary N) is 2. The van der Waals surface area contributed by atoms with E-state index in [1.165, 1.54) is 12.1 Å². The van der Waals surface area contributed by atoms with E-state index in [1.54, 1.807) is 37.6 Å². The Morgan fingerprint density at radius 1 is 1.19 bits per heavy atom. The van der Waals surface area contributed by atoms with Gasteiger partial charge in [0.25, 0.3) is 0 Å². The van der Waals surface area contributed by atoms with Gasteiger partial charge in [-0.25, -0.2) is 18.1 Å². The topological polar surface area (TPSA) is 107 Å². The molecule has 146 valence electrons. The van der Waals surface area contributed by atoms with Gasteiger partial charge in [0, 0.05) is 30.7 Å². The Balaban J connectivity index is 1.87. The van der Waals surface area contributed by atoms with E-state index >= 15 is 0 Å². The van der Waals surface area contributed by atoms with Crippen LogP contribution in [0.4, 0.5) is 5.69 Å². The molecule has 1 aromatic carbocycles. The Bertz CT molecular complexity index is 859. The highest BCUT2D eigenvalue weighted by Crippen LogP contribution is 2.20. The van der Waals surface area contributed by atoms with Crippen LogP contribution >= 0.6 is 15.9 Å². The second-order valence-corrected chi connectivity index (χ2v) is 8.03. The highest BCUT2D eigenvalue weighted by Gasteiger charge is 2.15. The number of carbonyl (C=O) groups excluding carboxylic acids is 1. The molecule has 1 amide bonds. The molecular formula is C17H20BrN3O5S. The summed E-state index contributed by atoms with van der Waals surface area (Å²) < 4.78 is 37.9. The van der Waals surface area contributed by atoms with Crippen LogP contribution in [-0.2, 0) is 19.6 Å². The summed E-state index contributed by atoms with van der Waals surface area (Å²) in [6.07, 6.45) is 1.51. The molecule has 0 aliphatic rings. The maximum Gasteiger partial charge on any atom is 0.240 e. The van der Waals surface area contributed by atoms with Gasteiger partial charge in [-0.3, -0.25) is 4.79 Å². The summed E-state index contributed by atoms with van der Waals surface area (Å²) >= 11 is 3.25. The van der Waals surface area contributed by atoms with Crippen LogP contribution < -0.4 is 14.8 Å². The van der Waals surface area contributed by atoms with E-state index in [1.807, 2.05) is 0 Å². The van der Waals surface area contributed by atoms with E-state index in [0.29, 0.717) is 18.9 Å². The summed E-state index contributed by atoms with van der Waals surface area (Å²) in [4.78, 5) is 16.3. The molecule has 2 N–H and O–H groups in total. The van der Waals surface area contributed by atoms with Gasteiger partial charge in [-0.2, -0.15) is 0 Å². The number of carbonyl (C=O) groups is 1. The summed E-state index contributed by atoms with van der Waals surface area (Å²) in [6, 6.07) is 9.54. The van der Waals surface area contributed by atoms with E-state index in [-0.39, 0.29) is 29.6 Å². The maximum atomic E-state index is 12.2. The molecule has 1 aromatic heterocycles. The van der Waals surface area contributed by atoms with Gasteiger partial charge < -0.3 is 14.8 Å². The monoisotopic (exact) mass is 457 g/mol. The predicted molar refractivity (Wildman–Crippen MR) is 104 cm³/mol. The minimum absolute atomic E-state index is 0.0373. The molecule has 0 aliphatic heterocycles. The van der Waals surface area contributed by atoms with Crippen molar-refractivity contribution in [3.05, 3.63) is 47.1 Å². The summed E-state index contributed by atoms with van der Waals surface area (Å²) in [6.45, 7) is 0.648. The van der Waals surface area contributed by atoms with Gasteiger partial charge in [0.15, 0.2) is 0 Å². The lowest BCUT2D eigenvalue weighted by Crippen LogP contribution is -2.28. The molecule has 0 fully saturated rings. The van der Waals surface area contributed by atoms with Crippen molar-refractivity contribution in [2.45, 2.75) is 11.3 Å². The number of aromatic nitrogens is 1. The summed E-state index contributed by atoms with van der Waals surface area (Å²) in [5, 5.41) is 2.66. The number of sulfonamides is 1. The molecule has 2 rings (SSSR count). The van der Waals surface area contributed by atoms with Crippen molar-refractivity contribution in [2.24, 2.45) is 0 Å². The Labute approximate surface area is 166 Å². The Morgan fingerprint density at radius 3 is 2.63 bits per heavy atom. The van der Waals surface area contributed by atoms with Crippen molar-refractivity contribution in [1.29, 1.82) is 0 Å². The molecular weight excluding hydrogens is 438 g/mol. The first-order chi connectivity index (χ1) is 12.9. The summed E-state index contributed by atoms with van der Waals surface area (Å²) in [7, 11) is -2.12. The van der Waals surface area contributed by atoms with Gasteiger partial charge in [-0.05, 0) is 36.4 Å². The van der Waals surface area contributed by atoms with Crippen LogP contribution in [0.5, 0.6) is 5.88 Å². The number of methoxy groups -OCH3 is 1. The number of ether oxygens (including phenoxy) is 2. The van der Waals surface area contributed by atoms with Gasteiger partial charge in [0.05, 0.1) is 11.5 Å². The second kappa shape index (κ2) is 10.4. The van der Waals surface area contributed by atoms with Gasteiger partial charge in [0.2, 0.25) is 21.8 Å². The Morgan fingerprint density at radius 2 is 1.93 bits per heavy atom. The third-order valence-corrected chi connectivity index (χ3v) is 5.35. The maximum absolute atomic E-state index is 12.2. The first-order valence-electron chi connectivity index (χ1n) is 8.04. The van der Waals surface area contributed by atoms with Crippen LogP contribution in [0.25, 0.3) is 0 Å². The minimum atomic E-state index is -3.67. The molecule has 1 heterocycles. The lowest BCUT2D eigenvalue weighted by molar-refractivity contribution is -0.116. The average molecular weight is 458 g/mol. The zero-order valence-electron chi connectivity index (χ0n) is 14.6. The zero-order chi connectivity index (χ0) is 19.7. The predicted octanol–water partition coefficient (Wildman–Crippen LogP) is 2.18. The molecule has 27 heavy (non-hydrogen) atoms. The Kier molecular flexibility index (Phi) is 8.17. The number of anilines is 1. The molecule has 0 aliphatic carbocycles. The van der Waals surface area contributed by atoms with Crippen molar-refractivity contribution in [1.82, 2.24) is 9.71 Å². The average Bonchev–Trinajstić information content (AvgIpc) is 2.63. The van der Waals surface area contributed by atoms with E-state index in [2.05, 4.69) is 31.0 Å². The molecule has 0 bridgehead atoms. The number of halogens is 1. The van der Waals surface area contributed by atoms with Crippen LogP contribution in [0.15, 0.2) is 52.0 Å². The minimum Gasteiger partial charge on any atom is -0.474 e. The van der Waals surface area contributed by atoms with Crippen molar-refractivity contribution in [2.75, 3.05) is 32.2 Å². The van der Waals surface area contributed by atoms with Gasteiger partial charge in [0.1, 0.15) is 12.3 Å². The van der Waals surface area contributed by atoms with Crippen LogP contribution in [-0.4, -0.2) is 46.2 Å². The van der Waals surface area contributed by atoms with E-state index in [0.717, 1.165) is 4.47 Å². The van der Waals surface area contributed by atoms with Gasteiger partial charge >= 0.3 is 0 Å². The molecule has 0 unspecified atom stereocenters. The zero-order valence-corrected chi connectivity index (χ0v) is 17.0. The third-order valence-electron chi connectivity index (χ3n) is 3.34. The molecule has 0 atom stereocenters. The lowest BCUT2D eigenvalue weighted by Gasteiger charge is -2.11. The fraction of sp³-hybridized carbons (Fsp3) is 0.294. The smallest absolute Gasteiger partial charge is 0.240 e. The number of nitrogens with zero attached hydrogens (tertiary/aromatic N) is 1. The first kappa shape index (κ1) is 21.3. The van der Waals surface area contributed by atoms with Crippen LogP contribution in [0.2, 0.25) is 0 Å². The van der Waals surface area contributed by atoms with Gasteiger partial charge in [-0.15, -0.1) is 0 Å². The Hall–Kier alpha value is -2.01.